The molecular weight excluding hydrogens is 432 g/mol. The highest BCUT2D eigenvalue weighted by molar-refractivity contribution is 5.94. The summed E-state index contributed by atoms with van der Waals surface area (Å²) in [7, 11) is 0. The summed E-state index contributed by atoms with van der Waals surface area (Å²) < 4.78 is 0. The minimum Gasteiger partial charge on any atom is -0.481 e. The number of nitrogens with two attached hydrogens (primary N) is 1. The first-order valence-electron chi connectivity index (χ1n) is 10.6. The zero-order chi connectivity index (χ0) is 25.1. The molecule has 0 radical (unpaired) electrons. The number of carboxylic acids is 2. The molecule has 0 aromatic heterocycles. The van der Waals surface area contributed by atoms with Gasteiger partial charge in [-0.05, 0) is 24.8 Å². The van der Waals surface area contributed by atoms with Crippen LogP contribution < -0.4 is 21.7 Å². The van der Waals surface area contributed by atoms with Crippen molar-refractivity contribution in [3.8, 4) is 0 Å². The molecule has 0 heterocycles. The van der Waals surface area contributed by atoms with Crippen LogP contribution in [0.4, 0.5) is 0 Å². The summed E-state index contributed by atoms with van der Waals surface area (Å²) in [5.74, 6) is -5.00. The molecule has 0 fully saturated rings. The smallest absolute Gasteiger partial charge is 0.326 e. The molecule has 33 heavy (non-hydrogen) atoms. The first-order chi connectivity index (χ1) is 15.4. The summed E-state index contributed by atoms with van der Waals surface area (Å²) >= 11 is 0. The molecule has 0 aliphatic rings. The Balaban J connectivity index is 3.06. The molecule has 0 spiro atoms. The van der Waals surface area contributed by atoms with Crippen LogP contribution >= 0.6 is 0 Å². The van der Waals surface area contributed by atoms with Gasteiger partial charge in [-0.25, -0.2) is 4.79 Å². The highest BCUT2D eigenvalue weighted by Crippen LogP contribution is 2.09. The number of carbonyl (C=O) groups is 5. The molecule has 3 amide bonds. The van der Waals surface area contributed by atoms with E-state index in [9.17, 15) is 29.1 Å². The fourth-order valence-corrected chi connectivity index (χ4v) is 2.98. The molecular formula is C22H32N4O7. The SMILES string of the molecule is CC(C)CC(NC(=O)C(Cc1ccccc1)NC(=O)C(C)N)C(=O)NC(CC(=O)O)C(=O)O. The van der Waals surface area contributed by atoms with Crippen LogP contribution in [0.15, 0.2) is 30.3 Å². The third-order valence-corrected chi connectivity index (χ3v) is 4.66. The van der Waals surface area contributed by atoms with Gasteiger partial charge in [0.25, 0.3) is 0 Å². The molecule has 1 aromatic carbocycles. The predicted molar refractivity (Wildman–Crippen MR) is 119 cm³/mol. The summed E-state index contributed by atoms with van der Waals surface area (Å²) in [6, 6.07) is 4.22. The summed E-state index contributed by atoms with van der Waals surface area (Å²) in [4.78, 5) is 60.1. The number of benzene rings is 1. The second-order valence-corrected chi connectivity index (χ2v) is 8.23. The van der Waals surface area contributed by atoms with Crippen LogP contribution in [0.25, 0.3) is 0 Å². The van der Waals surface area contributed by atoms with Gasteiger partial charge in [0, 0.05) is 6.42 Å². The van der Waals surface area contributed by atoms with Gasteiger partial charge in [-0.3, -0.25) is 19.2 Å². The van der Waals surface area contributed by atoms with Gasteiger partial charge < -0.3 is 31.9 Å². The normalized spacial score (nSPS) is 14.5. The number of hydrogen-bond donors (Lipinski definition) is 6. The van der Waals surface area contributed by atoms with E-state index in [0.29, 0.717) is 0 Å². The second-order valence-electron chi connectivity index (χ2n) is 8.23. The van der Waals surface area contributed by atoms with E-state index in [4.69, 9.17) is 10.8 Å². The lowest BCUT2D eigenvalue weighted by atomic mass is 10.0. The van der Waals surface area contributed by atoms with E-state index in [1.807, 2.05) is 0 Å². The Bertz CT molecular complexity index is 842. The summed E-state index contributed by atoms with van der Waals surface area (Å²) in [6.07, 6.45) is -0.515. The monoisotopic (exact) mass is 464 g/mol. The van der Waals surface area contributed by atoms with Crippen LogP contribution in [0.2, 0.25) is 0 Å². The lowest BCUT2D eigenvalue weighted by molar-refractivity contribution is -0.147. The molecule has 1 aromatic rings. The second kappa shape index (κ2) is 13.2. The topological polar surface area (TPSA) is 188 Å². The number of aliphatic carboxylic acids is 2. The number of amides is 3. The highest BCUT2D eigenvalue weighted by atomic mass is 16.4. The van der Waals surface area contributed by atoms with Crippen molar-refractivity contribution < 1.29 is 34.2 Å². The lowest BCUT2D eigenvalue weighted by Gasteiger charge is -2.25. The maximum atomic E-state index is 13.0. The summed E-state index contributed by atoms with van der Waals surface area (Å²) in [5.41, 5.74) is 6.37. The molecule has 0 aliphatic heterocycles. The van der Waals surface area contributed by atoms with E-state index in [1.165, 1.54) is 6.92 Å². The number of nitrogens with one attached hydrogen (secondary N) is 3. The average molecular weight is 465 g/mol. The van der Waals surface area contributed by atoms with Gasteiger partial charge in [0.1, 0.15) is 18.1 Å². The molecule has 4 atom stereocenters. The lowest BCUT2D eigenvalue weighted by Crippen LogP contribution is -2.57. The van der Waals surface area contributed by atoms with E-state index in [0.717, 1.165) is 5.56 Å². The maximum Gasteiger partial charge on any atom is 0.326 e. The quantitative estimate of drug-likeness (QED) is 0.228. The first-order valence-corrected chi connectivity index (χ1v) is 10.6. The van der Waals surface area contributed by atoms with Crippen LogP contribution in [0.5, 0.6) is 0 Å². The molecule has 0 aliphatic carbocycles. The average Bonchev–Trinajstić information content (AvgIpc) is 2.72. The van der Waals surface area contributed by atoms with Crippen molar-refractivity contribution in [1.29, 1.82) is 0 Å². The predicted octanol–water partition coefficient (Wildman–Crippen LogP) is -0.364. The standard InChI is InChI=1S/C22H32N4O7/c1-12(2)9-15(20(30)26-17(22(32)33)11-18(27)28)25-21(31)16(24-19(29)13(3)23)10-14-7-5-4-6-8-14/h4-8,12-13,15-17H,9-11,23H2,1-3H3,(H,24,29)(H,25,31)(H,26,30)(H,27,28)(H,32,33). The van der Waals surface area contributed by atoms with Crippen LogP contribution in [-0.4, -0.2) is 64.0 Å². The zero-order valence-electron chi connectivity index (χ0n) is 18.9. The number of hydrogen-bond acceptors (Lipinski definition) is 6. The van der Waals surface area contributed by atoms with Crippen molar-refractivity contribution in [2.75, 3.05) is 0 Å². The van der Waals surface area contributed by atoms with Crippen LogP contribution in [0.3, 0.4) is 0 Å². The molecule has 4 unspecified atom stereocenters. The van der Waals surface area contributed by atoms with Crippen LogP contribution in [0, 0.1) is 5.92 Å². The third-order valence-electron chi connectivity index (χ3n) is 4.66. The van der Waals surface area contributed by atoms with Gasteiger partial charge in [-0.2, -0.15) is 0 Å². The van der Waals surface area contributed by atoms with E-state index in [2.05, 4.69) is 16.0 Å². The fraction of sp³-hybridized carbons (Fsp3) is 0.500. The number of carboxylic acid groups (broad SMARTS) is 2. The van der Waals surface area contributed by atoms with Crippen molar-refractivity contribution in [3.63, 3.8) is 0 Å². The summed E-state index contributed by atoms with van der Waals surface area (Å²) in [5, 5.41) is 25.4. The Morgan fingerprint density at radius 3 is 1.82 bits per heavy atom. The van der Waals surface area contributed by atoms with Crippen molar-refractivity contribution >= 4 is 29.7 Å². The molecule has 7 N–H and O–H groups in total. The highest BCUT2D eigenvalue weighted by Gasteiger charge is 2.31. The maximum absolute atomic E-state index is 13.0. The Morgan fingerprint density at radius 1 is 0.818 bits per heavy atom. The van der Waals surface area contributed by atoms with Crippen molar-refractivity contribution in [3.05, 3.63) is 35.9 Å². The molecule has 1 rings (SSSR count). The third kappa shape index (κ3) is 10.1. The molecule has 0 saturated heterocycles. The zero-order valence-corrected chi connectivity index (χ0v) is 18.9. The van der Waals surface area contributed by atoms with Gasteiger partial charge in [0.15, 0.2) is 0 Å². The van der Waals surface area contributed by atoms with Gasteiger partial charge in [-0.15, -0.1) is 0 Å². The van der Waals surface area contributed by atoms with Crippen molar-refractivity contribution in [2.24, 2.45) is 11.7 Å². The molecule has 0 saturated carbocycles. The molecule has 0 bridgehead atoms. The minimum atomic E-state index is -1.65. The number of carbonyl (C=O) groups excluding carboxylic acids is 3. The van der Waals surface area contributed by atoms with Crippen LogP contribution in [0.1, 0.15) is 39.2 Å². The summed E-state index contributed by atoms with van der Waals surface area (Å²) in [6.45, 7) is 5.08. The Hall–Kier alpha value is -3.47. The Kier molecular flexibility index (Phi) is 11.0. The number of rotatable bonds is 13. The largest absolute Gasteiger partial charge is 0.481 e. The molecule has 11 heteroatoms. The van der Waals surface area contributed by atoms with Gasteiger partial charge in [0.2, 0.25) is 17.7 Å². The van der Waals surface area contributed by atoms with Gasteiger partial charge >= 0.3 is 11.9 Å². The van der Waals surface area contributed by atoms with Crippen LogP contribution in [-0.2, 0) is 30.4 Å². The Morgan fingerprint density at radius 2 is 1.33 bits per heavy atom. The molecule has 182 valence electrons. The minimum absolute atomic E-state index is 0.0602. The van der Waals surface area contributed by atoms with E-state index in [-0.39, 0.29) is 18.8 Å². The van der Waals surface area contributed by atoms with Crippen molar-refractivity contribution in [2.45, 2.75) is 64.2 Å². The first kappa shape index (κ1) is 27.6. The van der Waals surface area contributed by atoms with Gasteiger partial charge in [-0.1, -0.05) is 44.2 Å². The Labute approximate surface area is 192 Å². The van der Waals surface area contributed by atoms with E-state index in [1.54, 1.807) is 44.2 Å². The van der Waals surface area contributed by atoms with E-state index >= 15 is 0 Å². The molecule has 11 nitrogen and oxygen atoms in total. The van der Waals surface area contributed by atoms with Crippen molar-refractivity contribution in [1.82, 2.24) is 16.0 Å². The fourth-order valence-electron chi connectivity index (χ4n) is 2.98. The van der Waals surface area contributed by atoms with Gasteiger partial charge in [0.05, 0.1) is 12.5 Å². The van der Waals surface area contributed by atoms with E-state index < -0.39 is 60.2 Å².